The molecule has 1 aliphatic rings. The van der Waals surface area contributed by atoms with Gasteiger partial charge in [0.1, 0.15) is 13.2 Å². The smallest absolute Gasteiger partial charge is 0.339 e. The summed E-state index contributed by atoms with van der Waals surface area (Å²) in [6.45, 7) is 1.06. The third kappa shape index (κ3) is 2.50. The molecule has 3 aromatic rings. The molecule has 1 aliphatic heterocycles. The topological polar surface area (TPSA) is 85.5 Å². The first-order valence-corrected chi connectivity index (χ1v) is 7.48. The van der Waals surface area contributed by atoms with Gasteiger partial charge in [0.2, 0.25) is 5.95 Å². The average molecular weight is 325 g/mol. The minimum Gasteiger partial charge on any atom is -0.486 e. The first-order valence-electron chi connectivity index (χ1n) is 7.48. The Hall–Kier alpha value is -3.22. The average Bonchev–Trinajstić information content (AvgIpc) is 3.00. The minimum atomic E-state index is -0.411. The molecule has 0 saturated heterocycles. The van der Waals surface area contributed by atoms with Crippen LogP contribution in [0.25, 0.3) is 11.0 Å². The van der Waals surface area contributed by atoms with Gasteiger partial charge in [0.05, 0.1) is 29.4 Å². The van der Waals surface area contributed by atoms with E-state index in [0.717, 1.165) is 11.0 Å². The van der Waals surface area contributed by atoms with Crippen molar-refractivity contribution in [2.45, 2.75) is 0 Å². The van der Waals surface area contributed by atoms with Crippen molar-refractivity contribution in [3.8, 4) is 11.5 Å². The standard InChI is InChI=1S/C17H15N3O4/c1-22-16(21)10-4-2-3-5-11(10)18-17-19-12-8-14-15(9-13(12)20-17)24-7-6-23-14/h2-5,8-9H,6-7H2,1H3,(H2,18,19,20). The maximum Gasteiger partial charge on any atom is 0.339 e. The second-order valence-electron chi connectivity index (χ2n) is 5.26. The predicted molar refractivity (Wildman–Crippen MR) is 88.1 cm³/mol. The van der Waals surface area contributed by atoms with Crippen molar-refractivity contribution in [1.29, 1.82) is 0 Å². The Morgan fingerprint density at radius 3 is 2.75 bits per heavy atom. The number of H-pyrrole nitrogens is 1. The molecule has 0 spiro atoms. The molecule has 122 valence electrons. The molecule has 0 atom stereocenters. The fourth-order valence-electron chi connectivity index (χ4n) is 2.61. The SMILES string of the molecule is COC(=O)c1ccccc1Nc1nc2cc3c(cc2[nH]1)OCCO3. The Labute approximate surface area is 137 Å². The van der Waals surface area contributed by atoms with Crippen LogP contribution in [-0.2, 0) is 4.74 Å². The van der Waals surface area contributed by atoms with Crippen LogP contribution in [0.15, 0.2) is 36.4 Å². The second kappa shape index (κ2) is 5.77. The van der Waals surface area contributed by atoms with E-state index in [1.165, 1.54) is 7.11 Å². The number of carbonyl (C=O) groups is 1. The third-order valence-corrected chi connectivity index (χ3v) is 3.73. The number of imidazole rings is 1. The fraction of sp³-hybridized carbons (Fsp3) is 0.176. The maximum absolute atomic E-state index is 11.8. The molecule has 0 saturated carbocycles. The van der Waals surface area contributed by atoms with Crippen molar-refractivity contribution in [3.05, 3.63) is 42.0 Å². The number of aromatic nitrogens is 2. The van der Waals surface area contributed by atoms with Crippen LogP contribution in [0.5, 0.6) is 11.5 Å². The Morgan fingerprint density at radius 1 is 1.21 bits per heavy atom. The van der Waals surface area contributed by atoms with Crippen molar-refractivity contribution in [3.63, 3.8) is 0 Å². The van der Waals surface area contributed by atoms with Crippen LogP contribution in [0.3, 0.4) is 0 Å². The zero-order valence-corrected chi connectivity index (χ0v) is 13.0. The van der Waals surface area contributed by atoms with E-state index in [1.54, 1.807) is 18.2 Å². The van der Waals surface area contributed by atoms with E-state index in [9.17, 15) is 4.79 Å². The third-order valence-electron chi connectivity index (χ3n) is 3.73. The molecule has 0 amide bonds. The Kier molecular flexibility index (Phi) is 3.45. The Morgan fingerprint density at radius 2 is 1.96 bits per heavy atom. The molecule has 4 rings (SSSR count). The van der Waals surface area contributed by atoms with E-state index in [2.05, 4.69) is 15.3 Å². The normalized spacial score (nSPS) is 12.9. The van der Waals surface area contributed by atoms with E-state index in [0.29, 0.717) is 41.9 Å². The van der Waals surface area contributed by atoms with Gasteiger partial charge in [-0.2, -0.15) is 0 Å². The molecule has 2 N–H and O–H groups in total. The molecule has 7 nitrogen and oxygen atoms in total. The number of nitrogens with one attached hydrogen (secondary N) is 2. The van der Waals surface area contributed by atoms with Gasteiger partial charge in [0.25, 0.3) is 0 Å². The van der Waals surface area contributed by atoms with Gasteiger partial charge in [-0.15, -0.1) is 0 Å². The number of nitrogens with zero attached hydrogens (tertiary/aromatic N) is 1. The molecule has 7 heteroatoms. The molecule has 0 bridgehead atoms. The van der Waals surface area contributed by atoms with Gasteiger partial charge < -0.3 is 24.5 Å². The number of carbonyl (C=O) groups excluding carboxylic acids is 1. The van der Waals surface area contributed by atoms with E-state index in [1.807, 2.05) is 18.2 Å². The molecule has 0 unspecified atom stereocenters. The molecular weight excluding hydrogens is 310 g/mol. The quantitative estimate of drug-likeness (QED) is 0.720. The van der Waals surface area contributed by atoms with Crippen molar-refractivity contribution in [1.82, 2.24) is 9.97 Å². The molecule has 1 aromatic heterocycles. The monoisotopic (exact) mass is 325 g/mol. The summed E-state index contributed by atoms with van der Waals surface area (Å²) in [5.74, 6) is 1.48. The van der Waals surface area contributed by atoms with E-state index >= 15 is 0 Å². The summed E-state index contributed by atoms with van der Waals surface area (Å²) in [6, 6.07) is 10.8. The maximum atomic E-state index is 11.8. The van der Waals surface area contributed by atoms with Crippen LogP contribution in [0, 0.1) is 0 Å². The molecule has 0 radical (unpaired) electrons. The lowest BCUT2D eigenvalue weighted by Crippen LogP contribution is -2.15. The number of methoxy groups -OCH3 is 1. The molecule has 24 heavy (non-hydrogen) atoms. The highest BCUT2D eigenvalue weighted by Gasteiger charge is 2.16. The number of rotatable bonds is 3. The van der Waals surface area contributed by atoms with Crippen LogP contribution >= 0.6 is 0 Å². The molecule has 2 heterocycles. The second-order valence-corrected chi connectivity index (χ2v) is 5.26. The van der Waals surface area contributed by atoms with E-state index in [4.69, 9.17) is 14.2 Å². The predicted octanol–water partition coefficient (Wildman–Crippen LogP) is 2.86. The molecular formula is C17H15N3O4. The summed E-state index contributed by atoms with van der Waals surface area (Å²) in [6.07, 6.45) is 0. The van der Waals surface area contributed by atoms with Crippen LogP contribution < -0.4 is 14.8 Å². The van der Waals surface area contributed by atoms with E-state index in [-0.39, 0.29) is 0 Å². The fourth-order valence-corrected chi connectivity index (χ4v) is 2.61. The lowest BCUT2D eigenvalue weighted by atomic mass is 10.2. The zero-order chi connectivity index (χ0) is 16.5. The molecule has 2 aromatic carbocycles. The summed E-state index contributed by atoms with van der Waals surface area (Å²) in [7, 11) is 1.35. The van der Waals surface area contributed by atoms with Gasteiger partial charge in [0, 0.05) is 12.1 Å². The van der Waals surface area contributed by atoms with Crippen molar-refractivity contribution in [2.75, 3.05) is 25.6 Å². The molecule has 0 fully saturated rings. The van der Waals surface area contributed by atoms with Gasteiger partial charge in [-0.1, -0.05) is 12.1 Å². The first kappa shape index (κ1) is 14.4. The van der Waals surface area contributed by atoms with Crippen molar-refractivity contribution >= 4 is 28.6 Å². The van der Waals surface area contributed by atoms with Crippen molar-refractivity contribution in [2.24, 2.45) is 0 Å². The lowest BCUT2D eigenvalue weighted by Gasteiger charge is -2.17. The number of para-hydroxylation sites is 1. The number of hydrogen-bond donors (Lipinski definition) is 2. The van der Waals surface area contributed by atoms with Crippen LogP contribution in [0.4, 0.5) is 11.6 Å². The molecule has 0 aliphatic carbocycles. The largest absolute Gasteiger partial charge is 0.486 e. The lowest BCUT2D eigenvalue weighted by molar-refractivity contribution is 0.0602. The van der Waals surface area contributed by atoms with Crippen LogP contribution in [0.2, 0.25) is 0 Å². The van der Waals surface area contributed by atoms with Gasteiger partial charge in [-0.05, 0) is 12.1 Å². The van der Waals surface area contributed by atoms with E-state index < -0.39 is 5.97 Å². The van der Waals surface area contributed by atoms with Gasteiger partial charge in [0.15, 0.2) is 11.5 Å². The number of benzene rings is 2. The number of hydrogen-bond acceptors (Lipinski definition) is 6. The number of ether oxygens (including phenoxy) is 3. The van der Waals surface area contributed by atoms with Gasteiger partial charge in [-0.25, -0.2) is 9.78 Å². The highest BCUT2D eigenvalue weighted by molar-refractivity contribution is 5.96. The summed E-state index contributed by atoms with van der Waals surface area (Å²) in [5, 5.41) is 3.12. The summed E-state index contributed by atoms with van der Waals surface area (Å²) in [5.41, 5.74) is 2.61. The summed E-state index contributed by atoms with van der Waals surface area (Å²) in [4.78, 5) is 19.5. The Bertz CT molecular complexity index is 876. The number of esters is 1. The zero-order valence-electron chi connectivity index (χ0n) is 13.0. The van der Waals surface area contributed by atoms with Crippen LogP contribution in [0.1, 0.15) is 10.4 Å². The number of aromatic amines is 1. The first-order chi connectivity index (χ1) is 11.7. The van der Waals surface area contributed by atoms with Gasteiger partial charge in [-0.3, -0.25) is 0 Å². The number of anilines is 2. The van der Waals surface area contributed by atoms with Crippen molar-refractivity contribution < 1.29 is 19.0 Å². The summed E-state index contributed by atoms with van der Waals surface area (Å²) < 4.78 is 15.9. The summed E-state index contributed by atoms with van der Waals surface area (Å²) >= 11 is 0. The van der Waals surface area contributed by atoms with Crippen LogP contribution in [-0.4, -0.2) is 36.3 Å². The highest BCUT2D eigenvalue weighted by Crippen LogP contribution is 2.34. The number of fused-ring (bicyclic) bond motifs is 2. The highest BCUT2D eigenvalue weighted by atomic mass is 16.6. The van der Waals surface area contributed by atoms with Gasteiger partial charge >= 0.3 is 5.97 Å². The minimum absolute atomic E-state index is 0.411. The Balaban J connectivity index is 1.69.